The first kappa shape index (κ1) is 10.9. The molecule has 1 aromatic carbocycles. The van der Waals surface area contributed by atoms with Crippen LogP contribution in [0.25, 0.3) is 0 Å². The number of nitrogens with two attached hydrogens (primary N) is 1. The summed E-state index contributed by atoms with van der Waals surface area (Å²) in [6.07, 6.45) is 4.47. The highest BCUT2D eigenvalue weighted by Crippen LogP contribution is 2.38. The summed E-state index contributed by atoms with van der Waals surface area (Å²) in [5.74, 6) is 1.77. The molecule has 17 heavy (non-hydrogen) atoms. The van der Waals surface area contributed by atoms with Crippen LogP contribution < -0.4 is 15.2 Å². The highest BCUT2D eigenvalue weighted by Gasteiger charge is 2.37. The van der Waals surface area contributed by atoms with E-state index in [2.05, 4.69) is 19.1 Å². The summed E-state index contributed by atoms with van der Waals surface area (Å²) in [6.45, 7) is 3.43. The van der Waals surface area contributed by atoms with Gasteiger partial charge in [-0.25, -0.2) is 0 Å². The molecule has 0 unspecified atom stereocenters. The molecule has 2 aliphatic rings. The molecule has 92 valence electrons. The van der Waals surface area contributed by atoms with E-state index in [9.17, 15) is 0 Å². The lowest BCUT2D eigenvalue weighted by atomic mass is 9.99. The summed E-state index contributed by atoms with van der Waals surface area (Å²) >= 11 is 0. The first-order valence-electron chi connectivity index (χ1n) is 6.34. The highest BCUT2D eigenvalue weighted by molar-refractivity contribution is 5.47. The molecule has 1 heterocycles. The molecule has 1 fully saturated rings. The first-order valence-corrected chi connectivity index (χ1v) is 6.34. The van der Waals surface area contributed by atoms with Gasteiger partial charge in [-0.05, 0) is 55.9 Å². The minimum Gasteiger partial charge on any atom is -0.486 e. The number of ether oxygens (including phenoxy) is 2. The maximum Gasteiger partial charge on any atom is 0.161 e. The smallest absolute Gasteiger partial charge is 0.161 e. The van der Waals surface area contributed by atoms with E-state index in [1.165, 1.54) is 24.0 Å². The average Bonchev–Trinajstić information content (AvgIpc) is 3.05. The third-order valence-electron chi connectivity index (χ3n) is 3.79. The number of benzene rings is 1. The van der Waals surface area contributed by atoms with Crippen LogP contribution in [0.2, 0.25) is 0 Å². The SMILES string of the molecule is Cc1cc2c(cc1CCC1(N)CC1)OCCO2. The monoisotopic (exact) mass is 233 g/mol. The van der Waals surface area contributed by atoms with E-state index in [0.29, 0.717) is 13.2 Å². The molecule has 0 atom stereocenters. The predicted molar refractivity (Wildman–Crippen MR) is 66.6 cm³/mol. The van der Waals surface area contributed by atoms with Crippen molar-refractivity contribution in [3.05, 3.63) is 23.3 Å². The minimum absolute atomic E-state index is 0.125. The van der Waals surface area contributed by atoms with Gasteiger partial charge in [-0.3, -0.25) is 0 Å². The molecule has 0 amide bonds. The molecular weight excluding hydrogens is 214 g/mol. The standard InChI is InChI=1S/C14H19NO2/c1-10-8-12-13(17-7-6-16-12)9-11(10)2-3-14(15)4-5-14/h8-9H,2-7,15H2,1H3. The molecular formula is C14H19NO2. The van der Waals surface area contributed by atoms with E-state index in [1.807, 2.05) is 0 Å². The number of fused-ring (bicyclic) bond motifs is 1. The fourth-order valence-corrected chi connectivity index (χ4v) is 2.30. The Bertz CT molecular complexity index is 438. The van der Waals surface area contributed by atoms with Crippen molar-refractivity contribution in [1.82, 2.24) is 0 Å². The Hall–Kier alpha value is -1.22. The second-order valence-electron chi connectivity index (χ2n) is 5.28. The molecule has 0 spiro atoms. The molecule has 1 aromatic rings. The van der Waals surface area contributed by atoms with Gasteiger partial charge in [0.2, 0.25) is 0 Å². The van der Waals surface area contributed by atoms with Crippen LogP contribution in [0.15, 0.2) is 12.1 Å². The van der Waals surface area contributed by atoms with Crippen molar-refractivity contribution < 1.29 is 9.47 Å². The molecule has 1 saturated carbocycles. The van der Waals surface area contributed by atoms with E-state index >= 15 is 0 Å². The summed E-state index contributed by atoms with van der Waals surface area (Å²) in [5, 5.41) is 0. The lowest BCUT2D eigenvalue weighted by Gasteiger charge is -2.20. The third kappa shape index (κ3) is 2.25. The fourth-order valence-electron chi connectivity index (χ4n) is 2.30. The second-order valence-corrected chi connectivity index (χ2v) is 5.28. The van der Waals surface area contributed by atoms with Crippen molar-refractivity contribution >= 4 is 0 Å². The van der Waals surface area contributed by atoms with Crippen LogP contribution >= 0.6 is 0 Å². The Labute approximate surface area is 102 Å². The van der Waals surface area contributed by atoms with E-state index in [0.717, 1.165) is 24.3 Å². The molecule has 0 saturated heterocycles. The molecule has 0 bridgehead atoms. The minimum atomic E-state index is 0.125. The zero-order chi connectivity index (χ0) is 11.9. The Morgan fingerprint density at radius 1 is 1.18 bits per heavy atom. The zero-order valence-electron chi connectivity index (χ0n) is 10.3. The molecule has 0 aromatic heterocycles. The topological polar surface area (TPSA) is 44.5 Å². The Morgan fingerprint density at radius 2 is 1.82 bits per heavy atom. The first-order chi connectivity index (χ1) is 8.16. The van der Waals surface area contributed by atoms with Crippen molar-refractivity contribution in [2.75, 3.05) is 13.2 Å². The lowest BCUT2D eigenvalue weighted by molar-refractivity contribution is 0.171. The van der Waals surface area contributed by atoms with Gasteiger partial charge in [0.05, 0.1) is 0 Å². The molecule has 3 nitrogen and oxygen atoms in total. The third-order valence-corrected chi connectivity index (χ3v) is 3.79. The Morgan fingerprint density at radius 3 is 2.47 bits per heavy atom. The normalized spacial score (nSPS) is 20.1. The van der Waals surface area contributed by atoms with Crippen molar-refractivity contribution in [2.24, 2.45) is 5.73 Å². The number of aryl methyl sites for hydroxylation is 2. The predicted octanol–water partition coefficient (Wildman–Crippen LogP) is 2.19. The van der Waals surface area contributed by atoms with Gasteiger partial charge in [0.1, 0.15) is 13.2 Å². The maximum absolute atomic E-state index is 6.13. The molecule has 3 rings (SSSR count). The van der Waals surface area contributed by atoms with Gasteiger partial charge in [0.15, 0.2) is 11.5 Å². The summed E-state index contributed by atoms with van der Waals surface area (Å²) < 4.78 is 11.2. The van der Waals surface area contributed by atoms with Gasteiger partial charge in [-0.1, -0.05) is 0 Å². The van der Waals surface area contributed by atoms with Crippen molar-refractivity contribution in [3.8, 4) is 11.5 Å². The van der Waals surface area contributed by atoms with Crippen molar-refractivity contribution in [1.29, 1.82) is 0 Å². The molecule has 1 aliphatic heterocycles. The molecule has 0 radical (unpaired) electrons. The van der Waals surface area contributed by atoms with Gasteiger partial charge in [-0.2, -0.15) is 0 Å². The summed E-state index contributed by atoms with van der Waals surface area (Å²) in [6, 6.07) is 4.20. The van der Waals surface area contributed by atoms with Gasteiger partial charge >= 0.3 is 0 Å². The van der Waals surface area contributed by atoms with Crippen LogP contribution in [0.3, 0.4) is 0 Å². The van der Waals surface area contributed by atoms with Crippen LogP contribution in [0.5, 0.6) is 11.5 Å². The Kier molecular flexibility index (Phi) is 2.51. The molecule has 1 aliphatic carbocycles. The fraction of sp³-hybridized carbons (Fsp3) is 0.571. The summed E-state index contributed by atoms with van der Waals surface area (Å²) in [4.78, 5) is 0. The quantitative estimate of drug-likeness (QED) is 0.870. The number of hydrogen-bond donors (Lipinski definition) is 1. The highest BCUT2D eigenvalue weighted by atomic mass is 16.6. The van der Waals surface area contributed by atoms with Crippen molar-refractivity contribution in [2.45, 2.75) is 38.1 Å². The lowest BCUT2D eigenvalue weighted by Crippen LogP contribution is -2.22. The maximum atomic E-state index is 6.13. The van der Waals surface area contributed by atoms with Crippen molar-refractivity contribution in [3.63, 3.8) is 0 Å². The summed E-state index contributed by atoms with van der Waals surface area (Å²) in [5.41, 5.74) is 8.87. The van der Waals surface area contributed by atoms with E-state index in [-0.39, 0.29) is 5.54 Å². The van der Waals surface area contributed by atoms with Crippen LogP contribution in [0.1, 0.15) is 30.4 Å². The van der Waals surface area contributed by atoms with Gasteiger partial charge in [0.25, 0.3) is 0 Å². The molecule has 2 N–H and O–H groups in total. The van der Waals surface area contributed by atoms with E-state index in [1.54, 1.807) is 0 Å². The van der Waals surface area contributed by atoms with Crippen LogP contribution in [-0.4, -0.2) is 18.8 Å². The molecule has 3 heteroatoms. The number of hydrogen-bond acceptors (Lipinski definition) is 3. The average molecular weight is 233 g/mol. The summed E-state index contributed by atoms with van der Waals surface area (Å²) in [7, 11) is 0. The van der Waals surface area contributed by atoms with Crippen LogP contribution in [0, 0.1) is 6.92 Å². The van der Waals surface area contributed by atoms with Crippen LogP contribution in [-0.2, 0) is 6.42 Å². The largest absolute Gasteiger partial charge is 0.486 e. The Balaban J connectivity index is 1.78. The van der Waals surface area contributed by atoms with Crippen LogP contribution in [0.4, 0.5) is 0 Å². The van der Waals surface area contributed by atoms with E-state index < -0.39 is 0 Å². The van der Waals surface area contributed by atoms with Gasteiger partial charge < -0.3 is 15.2 Å². The zero-order valence-corrected chi connectivity index (χ0v) is 10.3. The van der Waals surface area contributed by atoms with Gasteiger partial charge in [-0.15, -0.1) is 0 Å². The second kappa shape index (κ2) is 3.91. The van der Waals surface area contributed by atoms with Gasteiger partial charge in [0, 0.05) is 5.54 Å². The van der Waals surface area contributed by atoms with E-state index in [4.69, 9.17) is 15.2 Å². The number of rotatable bonds is 3.